The van der Waals surface area contributed by atoms with Crippen molar-refractivity contribution < 1.29 is 52.6 Å². The van der Waals surface area contributed by atoms with Crippen LogP contribution in [0.1, 0.15) is 25.7 Å². The number of aliphatic hydroxyl groups is 1. The van der Waals surface area contributed by atoms with E-state index in [2.05, 4.69) is 0 Å². The van der Waals surface area contributed by atoms with Gasteiger partial charge in [-0.3, -0.25) is 10.1 Å². The Balaban J connectivity index is 0.00000225. The molecule has 0 bridgehead atoms. The molecule has 1 aliphatic carbocycles. The van der Waals surface area contributed by atoms with E-state index in [1.165, 1.54) is 0 Å². The average molecular weight is 261 g/mol. The number of hydrogen-bond donors (Lipinski definition) is 1. The first-order chi connectivity index (χ1) is 6.82. The molecule has 1 fully saturated rings. The number of hydrogen-bond acceptors (Lipinski definition) is 6. The Morgan fingerprint density at radius 2 is 1.69 bits per heavy atom. The monoisotopic (exact) mass is 261 g/mol. The zero-order valence-corrected chi connectivity index (χ0v) is 11.7. The fourth-order valence-electron chi connectivity index (χ4n) is 1.83. The molecule has 0 radical (unpaired) electrons. The molecule has 0 amide bonds. The van der Waals surface area contributed by atoms with E-state index in [4.69, 9.17) is 5.11 Å². The maximum absolute atomic E-state index is 10.5. The summed E-state index contributed by atoms with van der Waals surface area (Å²) < 4.78 is 31.5. The van der Waals surface area contributed by atoms with E-state index < -0.39 is 32.4 Å². The van der Waals surface area contributed by atoms with Gasteiger partial charge in [-0.2, -0.15) is 0 Å². The van der Waals surface area contributed by atoms with Crippen molar-refractivity contribution in [2.24, 2.45) is 5.92 Å². The molecule has 1 unspecified atom stereocenters. The van der Waals surface area contributed by atoms with Gasteiger partial charge in [-0.25, -0.2) is 8.42 Å². The Hall–Kier alpha value is 0.270. The van der Waals surface area contributed by atoms with Crippen molar-refractivity contribution in [1.29, 1.82) is 0 Å². The predicted molar refractivity (Wildman–Crippen MR) is 48.4 cm³/mol. The first kappa shape index (κ1) is 16.3. The van der Waals surface area contributed by atoms with Crippen LogP contribution in [-0.4, -0.2) is 34.5 Å². The fraction of sp³-hybridized carbons (Fsp3) is 1.00. The Labute approximate surface area is 115 Å². The minimum Gasteiger partial charge on any atom is -0.746 e. The van der Waals surface area contributed by atoms with Crippen LogP contribution in [0.4, 0.5) is 0 Å². The molecule has 0 aromatic carbocycles. The standard InChI is InChI=1S/C7H13NO6S.Na/c9-7(15(12,13)14)5-1-3-6(4-2-5)8(10)11;/h5-7,9H,1-4H2,(H,12,13,14);/q;+1/p-1. The molecule has 0 saturated heterocycles. The van der Waals surface area contributed by atoms with Gasteiger partial charge in [-0.1, -0.05) is 0 Å². The summed E-state index contributed by atoms with van der Waals surface area (Å²) in [6.07, 6.45) is 0.830. The summed E-state index contributed by atoms with van der Waals surface area (Å²) in [7, 11) is -4.70. The van der Waals surface area contributed by atoms with Crippen LogP contribution >= 0.6 is 0 Å². The van der Waals surface area contributed by atoms with Gasteiger partial charge >= 0.3 is 29.6 Å². The van der Waals surface area contributed by atoms with Gasteiger partial charge in [0.2, 0.25) is 6.04 Å². The Bertz CT molecular complexity index is 337. The van der Waals surface area contributed by atoms with Crippen LogP contribution in [0.15, 0.2) is 0 Å². The largest absolute Gasteiger partial charge is 1.00 e. The van der Waals surface area contributed by atoms with Gasteiger partial charge in [0.25, 0.3) is 0 Å². The van der Waals surface area contributed by atoms with Crippen molar-refractivity contribution >= 4 is 10.1 Å². The summed E-state index contributed by atoms with van der Waals surface area (Å²) in [5.41, 5.74) is -1.93. The maximum atomic E-state index is 10.5. The summed E-state index contributed by atoms with van der Waals surface area (Å²) in [5, 5.41) is 19.6. The number of aliphatic hydroxyl groups excluding tert-OH is 1. The van der Waals surface area contributed by atoms with Crippen LogP contribution in [0, 0.1) is 16.0 Å². The van der Waals surface area contributed by atoms with E-state index in [0.717, 1.165) is 0 Å². The van der Waals surface area contributed by atoms with Crippen LogP contribution in [0.25, 0.3) is 0 Å². The fourth-order valence-corrected chi connectivity index (χ4v) is 2.58. The normalized spacial score (nSPS) is 27.9. The molecule has 1 N–H and O–H groups in total. The number of nitro groups is 1. The zero-order chi connectivity index (χ0) is 11.6. The second kappa shape index (κ2) is 6.27. The first-order valence-electron chi connectivity index (χ1n) is 4.58. The summed E-state index contributed by atoms with van der Waals surface area (Å²) in [5.74, 6) is -0.663. The summed E-state index contributed by atoms with van der Waals surface area (Å²) in [4.78, 5) is 9.98. The van der Waals surface area contributed by atoms with Crippen LogP contribution in [0.2, 0.25) is 0 Å². The molecule has 0 heterocycles. The summed E-state index contributed by atoms with van der Waals surface area (Å²) >= 11 is 0. The van der Waals surface area contributed by atoms with Crippen LogP contribution in [-0.2, 0) is 10.1 Å². The van der Waals surface area contributed by atoms with Gasteiger partial charge in [0.1, 0.15) is 15.6 Å². The Morgan fingerprint density at radius 3 is 2.00 bits per heavy atom. The third-order valence-electron chi connectivity index (χ3n) is 2.74. The van der Waals surface area contributed by atoms with Crippen LogP contribution < -0.4 is 29.6 Å². The van der Waals surface area contributed by atoms with Crippen molar-refractivity contribution in [2.75, 3.05) is 0 Å². The van der Waals surface area contributed by atoms with Gasteiger partial charge in [-0.05, 0) is 18.8 Å². The molecule has 0 aromatic rings. The molecule has 9 heteroatoms. The molecule has 1 saturated carbocycles. The van der Waals surface area contributed by atoms with E-state index in [1.807, 2.05) is 0 Å². The molecule has 0 spiro atoms. The van der Waals surface area contributed by atoms with E-state index in [9.17, 15) is 23.1 Å². The predicted octanol–water partition coefficient (Wildman–Crippen LogP) is -3.31. The van der Waals surface area contributed by atoms with Gasteiger partial charge < -0.3 is 9.66 Å². The second-order valence-corrected chi connectivity index (χ2v) is 5.21. The molecular weight excluding hydrogens is 249 g/mol. The smallest absolute Gasteiger partial charge is 0.746 e. The molecule has 0 aliphatic heterocycles. The van der Waals surface area contributed by atoms with Crippen molar-refractivity contribution in [3.05, 3.63) is 10.1 Å². The molecule has 16 heavy (non-hydrogen) atoms. The Kier molecular flexibility index (Phi) is 6.38. The minimum absolute atomic E-state index is 0. The van der Waals surface area contributed by atoms with E-state index >= 15 is 0 Å². The van der Waals surface area contributed by atoms with Gasteiger partial charge in [0, 0.05) is 17.8 Å². The first-order valence-corrected chi connectivity index (χ1v) is 6.05. The summed E-state index contributed by atoms with van der Waals surface area (Å²) in [6, 6.07) is -0.678. The van der Waals surface area contributed by atoms with Gasteiger partial charge in [-0.15, -0.1) is 0 Å². The maximum Gasteiger partial charge on any atom is 1.00 e. The average Bonchev–Trinajstić information content (AvgIpc) is 2.15. The van der Waals surface area contributed by atoms with E-state index in [-0.39, 0.29) is 55.2 Å². The number of rotatable bonds is 3. The molecule has 7 nitrogen and oxygen atoms in total. The topological polar surface area (TPSA) is 121 Å². The third-order valence-corrected chi connectivity index (χ3v) is 3.71. The van der Waals surface area contributed by atoms with Crippen molar-refractivity contribution in [1.82, 2.24) is 0 Å². The minimum atomic E-state index is -4.70. The van der Waals surface area contributed by atoms with Gasteiger partial charge in [0.05, 0.1) is 0 Å². The zero-order valence-electron chi connectivity index (χ0n) is 8.90. The van der Waals surface area contributed by atoms with Crippen molar-refractivity contribution in [2.45, 2.75) is 37.2 Å². The third kappa shape index (κ3) is 4.27. The second-order valence-electron chi connectivity index (χ2n) is 3.74. The Morgan fingerprint density at radius 1 is 1.25 bits per heavy atom. The molecule has 1 atom stereocenters. The van der Waals surface area contributed by atoms with Crippen molar-refractivity contribution in [3.8, 4) is 0 Å². The summed E-state index contributed by atoms with van der Waals surface area (Å²) in [6.45, 7) is 0. The van der Waals surface area contributed by atoms with E-state index in [0.29, 0.717) is 0 Å². The quantitative estimate of drug-likeness (QED) is 0.246. The molecule has 1 aliphatic rings. The van der Waals surface area contributed by atoms with Crippen molar-refractivity contribution in [3.63, 3.8) is 0 Å². The molecule has 0 aromatic heterocycles. The van der Waals surface area contributed by atoms with E-state index in [1.54, 1.807) is 0 Å². The molecule has 1 rings (SSSR count). The molecule has 88 valence electrons. The SMILES string of the molecule is O=[N+]([O-])C1CCC(C(O)S(=O)(=O)[O-])CC1.[Na+]. The van der Waals surface area contributed by atoms with Crippen LogP contribution in [0.5, 0.6) is 0 Å². The van der Waals surface area contributed by atoms with Gasteiger partial charge in [0.15, 0.2) is 0 Å². The molecular formula is C7H12NNaO6S. The van der Waals surface area contributed by atoms with Crippen LogP contribution in [0.3, 0.4) is 0 Å². The number of nitrogens with zero attached hydrogens (tertiary/aromatic N) is 1.